The summed E-state index contributed by atoms with van der Waals surface area (Å²) in [5, 5.41) is 0.741. The van der Waals surface area contributed by atoms with Crippen LogP contribution in [0.1, 0.15) is 17.2 Å². The molecule has 0 bridgehead atoms. The van der Waals surface area contributed by atoms with Gasteiger partial charge in [0.25, 0.3) is 0 Å². The van der Waals surface area contributed by atoms with Crippen LogP contribution in [0.3, 0.4) is 0 Å². The summed E-state index contributed by atoms with van der Waals surface area (Å²) in [5.41, 5.74) is 8.35. The van der Waals surface area contributed by atoms with Crippen molar-refractivity contribution in [1.29, 1.82) is 0 Å². The van der Waals surface area contributed by atoms with E-state index in [2.05, 4.69) is 0 Å². The van der Waals surface area contributed by atoms with Gasteiger partial charge in [-0.05, 0) is 24.1 Å². The van der Waals surface area contributed by atoms with Crippen molar-refractivity contribution < 1.29 is 9.47 Å². The fourth-order valence-electron chi connectivity index (χ4n) is 2.16. The van der Waals surface area contributed by atoms with Gasteiger partial charge in [0.2, 0.25) is 0 Å². The number of methoxy groups -OCH3 is 1. The first-order valence-corrected chi connectivity index (χ1v) is 7.30. The highest BCUT2D eigenvalue weighted by molar-refractivity contribution is 6.31. The maximum absolute atomic E-state index is 6.33. The van der Waals surface area contributed by atoms with E-state index in [1.807, 2.05) is 48.5 Å². The Kier molecular flexibility index (Phi) is 6.05. The minimum Gasteiger partial charge on any atom is -0.491 e. The van der Waals surface area contributed by atoms with Crippen molar-refractivity contribution in [2.75, 3.05) is 20.3 Å². The maximum Gasteiger partial charge on any atom is 0.124 e. The number of halogens is 1. The van der Waals surface area contributed by atoms with E-state index in [-0.39, 0.29) is 6.04 Å². The van der Waals surface area contributed by atoms with Crippen molar-refractivity contribution in [3.05, 3.63) is 64.7 Å². The summed E-state index contributed by atoms with van der Waals surface area (Å²) >= 11 is 6.19. The molecule has 0 aromatic heterocycles. The molecule has 0 spiro atoms. The average Bonchev–Trinajstić information content (AvgIpc) is 2.50. The van der Waals surface area contributed by atoms with E-state index in [4.69, 9.17) is 26.8 Å². The molecule has 2 N–H and O–H groups in total. The molecule has 2 aromatic carbocycles. The number of para-hydroxylation sites is 1. The van der Waals surface area contributed by atoms with Gasteiger partial charge in [0.15, 0.2) is 0 Å². The number of hydrogen-bond acceptors (Lipinski definition) is 3. The molecule has 3 nitrogen and oxygen atoms in total. The summed E-state index contributed by atoms with van der Waals surface area (Å²) in [6, 6.07) is 15.4. The van der Waals surface area contributed by atoms with Crippen LogP contribution >= 0.6 is 11.6 Å². The van der Waals surface area contributed by atoms with Gasteiger partial charge in [-0.15, -0.1) is 0 Å². The zero-order chi connectivity index (χ0) is 15.1. The molecule has 0 aliphatic heterocycles. The van der Waals surface area contributed by atoms with Gasteiger partial charge in [0.1, 0.15) is 12.4 Å². The van der Waals surface area contributed by atoms with Crippen LogP contribution in [0.5, 0.6) is 5.75 Å². The maximum atomic E-state index is 6.33. The first-order valence-electron chi connectivity index (χ1n) is 6.92. The van der Waals surface area contributed by atoms with Crippen LogP contribution in [0, 0.1) is 0 Å². The standard InChI is InChI=1S/C17H20ClNO2/c1-20-10-11-21-17-9-5-3-7-14(17)16(19)12-13-6-2-4-8-15(13)18/h2-9,16H,10-12,19H2,1H3. The third kappa shape index (κ3) is 4.46. The zero-order valence-corrected chi connectivity index (χ0v) is 12.8. The SMILES string of the molecule is COCCOc1ccccc1C(N)Cc1ccccc1Cl. The van der Waals surface area contributed by atoms with Crippen molar-refractivity contribution in [2.24, 2.45) is 5.73 Å². The van der Waals surface area contributed by atoms with Crippen molar-refractivity contribution in [3.63, 3.8) is 0 Å². The third-order valence-corrected chi connectivity index (χ3v) is 3.63. The zero-order valence-electron chi connectivity index (χ0n) is 12.1. The molecule has 112 valence electrons. The number of nitrogens with two attached hydrogens (primary N) is 1. The first kappa shape index (κ1) is 15.8. The number of ether oxygens (including phenoxy) is 2. The van der Waals surface area contributed by atoms with Crippen LogP contribution < -0.4 is 10.5 Å². The van der Waals surface area contributed by atoms with Gasteiger partial charge in [-0.25, -0.2) is 0 Å². The Bertz CT molecular complexity index is 574. The monoisotopic (exact) mass is 305 g/mol. The molecule has 0 saturated heterocycles. The van der Waals surface area contributed by atoms with E-state index in [1.165, 1.54) is 0 Å². The van der Waals surface area contributed by atoms with Gasteiger partial charge in [-0.2, -0.15) is 0 Å². The van der Waals surface area contributed by atoms with Crippen LogP contribution in [-0.4, -0.2) is 20.3 Å². The predicted octanol–water partition coefficient (Wildman–Crippen LogP) is 3.61. The summed E-state index contributed by atoms with van der Waals surface area (Å²) in [5.74, 6) is 0.800. The van der Waals surface area contributed by atoms with Crippen molar-refractivity contribution in [2.45, 2.75) is 12.5 Å². The van der Waals surface area contributed by atoms with Crippen LogP contribution in [-0.2, 0) is 11.2 Å². The Morgan fingerprint density at radius 1 is 1.05 bits per heavy atom. The summed E-state index contributed by atoms with van der Waals surface area (Å²) < 4.78 is 10.7. The van der Waals surface area contributed by atoms with E-state index in [1.54, 1.807) is 7.11 Å². The smallest absolute Gasteiger partial charge is 0.124 e. The minimum atomic E-state index is -0.163. The van der Waals surface area contributed by atoms with E-state index in [9.17, 15) is 0 Å². The van der Waals surface area contributed by atoms with Gasteiger partial charge < -0.3 is 15.2 Å². The van der Waals surface area contributed by atoms with Gasteiger partial charge >= 0.3 is 0 Å². The molecular formula is C17H20ClNO2. The molecule has 0 amide bonds. The van der Waals surface area contributed by atoms with Crippen LogP contribution in [0.2, 0.25) is 5.02 Å². The lowest BCUT2D eigenvalue weighted by atomic mass is 9.99. The number of rotatable bonds is 7. The van der Waals surface area contributed by atoms with E-state index in [0.717, 1.165) is 21.9 Å². The molecule has 4 heteroatoms. The van der Waals surface area contributed by atoms with E-state index < -0.39 is 0 Å². The van der Waals surface area contributed by atoms with Crippen molar-refractivity contribution >= 4 is 11.6 Å². The largest absolute Gasteiger partial charge is 0.491 e. The molecular weight excluding hydrogens is 286 g/mol. The van der Waals surface area contributed by atoms with Gasteiger partial charge in [-0.3, -0.25) is 0 Å². The topological polar surface area (TPSA) is 44.5 Å². The lowest BCUT2D eigenvalue weighted by molar-refractivity contribution is 0.145. The van der Waals surface area contributed by atoms with Gasteiger partial charge in [0, 0.05) is 23.7 Å². The lowest BCUT2D eigenvalue weighted by Gasteiger charge is -2.17. The highest BCUT2D eigenvalue weighted by Gasteiger charge is 2.13. The molecule has 0 heterocycles. The normalized spacial score (nSPS) is 12.1. The van der Waals surface area contributed by atoms with E-state index in [0.29, 0.717) is 19.6 Å². The second kappa shape index (κ2) is 8.03. The summed E-state index contributed by atoms with van der Waals surface area (Å²) in [4.78, 5) is 0. The summed E-state index contributed by atoms with van der Waals surface area (Å²) in [6.07, 6.45) is 0.671. The fourth-order valence-corrected chi connectivity index (χ4v) is 2.38. The minimum absolute atomic E-state index is 0.163. The van der Waals surface area contributed by atoms with Crippen molar-refractivity contribution in [3.8, 4) is 5.75 Å². The molecule has 2 aromatic rings. The van der Waals surface area contributed by atoms with Crippen LogP contribution in [0.4, 0.5) is 0 Å². The van der Waals surface area contributed by atoms with Crippen LogP contribution in [0.25, 0.3) is 0 Å². The molecule has 21 heavy (non-hydrogen) atoms. The fraction of sp³-hybridized carbons (Fsp3) is 0.294. The molecule has 1 unspecified atom stereocenters. The second-order valence-corrected chi connectivity index (χ2v) is 5.19. The molecule has 0 saturated carbocycles. The molecule has 1 atom stereocenters. The Morgan fingerprint density at radius 3 is 2.52 bits per heavy atom. The molecule has 0 aliphatic carbocycles. The van der Waals surface area contributed by atoms with Gasteiger partial charge in [-0.1, -0.05) is 48.0 Å². The molecule has 0 aliphatic rings. The quantitative estimate of drug-likeness (QED) is 0.795. The molecule has 0 radical (unpaired) electrons. The molecule has 2 rings (SSSR count). The second-order valence-electron chi connectivity index (χ2n) is 4.78. The average molecular weight is 306 g/mol. The Hall–Kier alpha value is -1.55. The van der Waals surface area contributed by atoms with E-state index >= 15 is 0 Å². The number of benzene rings is 2. The number of hydrogen-bond donors (Lipinski definition) is 1. The Balaban J connectivity index is 2.11. The highest BCUT2D eigenvalue weighted by Crippen LogP contribution is 2.28. The van der Waals surface area contributed by atoms with Crippen LogP contribution in [0.15, 0.2) is 48.5 Å². The highest BCUT2D eigenvalue weighted by atomic mass is 35.5. The Labute approximate surface area is 130 Å². The first-order chi connectivity index (χ1) is 10.2. The summed E-state index contributed by atoms with van der Waals surface area (Å²) in [7, 11) is 1.65. The predicted molar refractivity (Wildman–Crippen MR) is 85.9 cm³/mol. The third-order valence-electron chi connectivity index (χ3n) is 3.26. The Morgan fingerprint density at radius 2 is 1.76 bits per heavy atom. The summed E-state index contributed by atoms with van der Waals surface area (Å²) in [6.45, 7) is 1.06. The molecule has 0 fully saturated rings. The van der Waals surface area contributed by atoms with Gasteiger partial charge in [0.05, 0.1) is 6.61 Å². The lowest BCUT2D eigenvalue weighted by Crippen LogP contribution is -2.16. The van der Waals surface area contributed by atoms with Crippen molar-refractivity contribution in [1.82, 2.24) is 0 Å².